The van der Waals surface area contributed by atoms with E-state index >= 15 is 0 Å². The summed E-state index contributed by atoms with van der Waals surface area (Å²) in [6, 6.07) is 16.1. The second kappa shape index (κ2) is 9.18. The second-order valence-corrected chi connectivity index (χ2v) is 7.71. The van der Waals surface area contributed by atoms with Crippen molar-refractivity contribution in [3.63, 3.8) is 0 Å². The Morgan fingerprint density at radius 3 is 2.26 bits per heavy atom. The van der Waals surface area contributed by atoms with Crippen LogP contribution < -0.4 is 10.6 Å². The van der Waals surface area contributed by atoms with Gasteiger partial charge < -0.3 is 25.2 Å². The van der Waals surface area contributed by atoms with Crippen molar-refractivity contribution in [1.82, 2.24) is 10.6 Å². The Bertz CT molecular complexity index is 946. The molecular formula is C23H24N2O6. The maximum atomic E-state index is 12.1. The first-order valence-corrected chi connectivity index (χ1v) is 10.2. The Labute approximate surface area is 179 Å². The summed E-state index contributed by atoms with van der Waals surface area (Å²) in [5.74, 6) is -1.88. The number of carbonyl (C=O) groups is 3. The summed E-state index contributed by atoms with van der Waals surface area (Å²) in [4.78, 5) is 35.0. The van der Waals surface area contributed by atoms with Crippen LogP contribution in [0.5, 0.6) is 0 Å². The molecule has 31 heavy (non-hydrogen) atoms. The zero-order chi connectivity index (χ0) is 21.8. The van der Waals surface area contributed by atoms with Crippen LogP contribution in [-0.4, -0.2) is 55.5 Å². The molecule has 8 heteroatoms. The molecule has 0 radical (unpaired) electrons. The van der Waals surface area contributed by atoms with Gasteiger partial charge in [-0.05, 0) is 28.7 Å². The monoisotopic (exact) mass is 424 g/mol. The molecule has 0 spiro atoms. The van der Waals surface area contributed by atoms with Crippen molar-refractivity contribution in [2.75, 3.05) is 26.3 Å². The number of ether oxygens (including phenoxy) is 2. The zero-order valence-electron chi connectivity index (χ0n) is 16.9. The van der Waals surface area contributed by atoms with E-state index in [1.807, 2.05) is 36.4 Å². The molecule has 1 aliphatic heterocycles. The molecule has 0 saturated carbocycles. The Morgan fingerprint density at radius 1 is 1.00 bits per heavy atom. The lowest BCUT2D eigenvalue weighted by atomic mass is 9.98. The Hall–Kier alpha value is -3.39. The number of aliphatic carboxylic acids is 1. The summed E-state index contributed by atoms with van der Waals surface area (Å²) < 4.78 is 10.7. The fourth-order valence-corrected chi connectivity index (χ4v) is 4.11. The van der Waals surface area contributed by atoms with Crippen LogP contribution in [0.1, 0.15) is 23.5 Å². The molecule has 0 aromatic heterocycles. The lowest BCUT2D eigenvalue weighted by molar-refractivity contribution is -0.141. The number of hydrogen-bond acceptors (Lipinski definition) is 5. The van der Waals surface area contributed by atoms with E-state index in [9.17, 15) is 14.4 Å². The van der Waals surface area contributed by atoms with Crippen molar-refractivity contribution >= 4 is 18.0 Å². The first kappa shape index (κ1) is 20.9. The molecule has 2 amide bonds. The molecule has 2 aromatic rings. The molecule has 0 bridgehead atoms. The van der Waals surface area contributed by atoms with Gasteiger partial charge in [0, 0.05) is 12.5 Å². The topological polar surface area (TPSA) is 114 Å². The van der Waals surface area contributed by atoms with Gasteiger partial charge in [-0.2, -0.15) is 0 Å². The van der Waals surface area contributed by atoms with Crippen molar-refractivity contribution in [2.45, 2.75) is 18.4 Å². The number of carboxylic acid groups (broad SMARTS) is 1. The molecule has 1 aliphatic carbocycles. The highest BCUT2D eigenvalue weighted by atomic mass is 16.5. The van der Waals surface area contributed by atoms with E-state index in [1.54, 1.807) is 0 Å². The van der Waals surface area contributed by atoms with Crippen LogP contribution in [0.15, 0.2) is 48.5 Å². The van der Waals surface area contributed by atoms with Gasteiger partial charge in [0.2, 0.25) is 5.91 Å². The number of benzene rings is 2. The summed E-state index contributed by atoms with van der Waals surface area (Å²) in [5.41, 5.74) is 4.52. The predicted molar refractivity (Wildman–Crippen MR) is 112 cm³/mol. The van der Waals surface area contributed by atoms with Crippen LogP contribution in [0.3, 0.4) is 0 Å². The minimum atomic E-state index is -0.897. The van der Waals surface area contributed by atoms with Crippen LogP contribution in [0.4, 0.5) is 4.79 Å². The number of carbonyl (C=O) groups excluding carboxylic acids is 2. The number of amides is 2. The fourth-order valence-electron chi connectivity index (χ4n) is 4.11. The average Bonchev–Trinajstić information content (AvgIpc) is 3.38. The Morgan fingerprint density at radius 2 is 1.65 bits per heavy atom. The van der Waals surface area contributed by atoms with Crippen molar-refractivity contribution in [3.8, 4) is 11.1 Å². The molecule has 2 aromatic carbocycles. The standard InChI is InChI=1S/C23H24N2O6/c26-21(24-10-15-9-14(12-30-15)22(27)28)11-25-23(29)31-13-20-18-7-3-1-5-16(18)17-6-2-4-8-19(17)20/h1-8,14-15,20H,9-13H2,(H,24,26)(H,25,29)(H,27,28)/t14-,15-/m0/s1. The van der Waals surface area contributed by atoms with E-state index in [-0.39, 0.29) is 38.3 Å². The van der Waals surface area contributed by atoms with Crippen molar-refractivity contribution in [3.05, 3.63) is 59.7 Å². The third-order valence-corrected chi connectivity index (χ3v) is 5.69. The molecule has 2 atom stereocenters. The number of nitrogens with one attached hydrogen (secondary N) is 2. The number of hydrogen-bond donors (Lipinski definition) is 3. The highest BCUT2D eigenvalue weighted by Gasteiger charge is 2.31. The van der Waals surface area contributed by atoms with Gasteiger partial charge >= 0.3 is 12.1 Å². The van der Waals surface area contributed by atoms with E-state index < -0.39 is 23.9 Å². The van der Waals surface area contributed by atoms with Gasteiger partial charge in [-0.25, -0.2) is 4.79 Å². The van der Waals surface area contributed by atoms with Crippen LogP contribution in [0.2, 0.25) is 0 Å². The Balaban J connectivity index is 1.22. The molecule has 3 N–H and O–H groups in total. The Kier molecular flexibility index (Phi) is 6.18. The highest BCUT2D eigenvalue weighted by molar-refractivity contribution is 5.82. The van der Waals surface area contributed by atoms with E-state index in [1.165, 1.54) is 0 Å². The van der Waals surface area contributed by atoms with Crippen LogP contribution >= 0.6 is 0 Å². The molecule has 162 valence electrons. The lowest BCUT2D eigenvalue weighted by Crippen LogP contribution is -2.40. The average molecular weight is 424 g/mol. The van der Waals surface area contributed by atoms with Gasteiger partial charge in [0.15, 0.2) is 0 Å². The van der Waals surface area contributed by atoms with Crippen molar-refractivity contribution in [1.29, 1.82) is 0 Å². The third-order valence-electron chi connectivity index (χ3n) is 5.69. The first-order chi connectivity index (χ1) is 15.0. The highest BCUT2D eigenvalue weighted by Crippen LogP contribution is 2.44. The molecule has 1 heterocycles. The minimum Gasteiger partial charge on any atom is -0.481 e. The maximum Gasteiger partial charge on any atom is 0.407 e. The van der Waals surface area contributed by atoms with Gasteiger partial charge in [0.1, 0.15) is 6.61 Å². The second-order valence-electron chi connectivity index (χ2n) is 7.71. The van der Waals surface area contributed by atoms with E-state index in [4.69, 9.17) is 14.6 Å². The number of rotatable bonds is 7. The molecular weight excluding hydrogens is 400 g/mol. The number of fused-ring (bicyclic) bond motifs is 3. The van der Waals surface area contributed by atoms with Crippen LogP contribution in [-0.2, 0) is 19.1 Å². The van der Waals surface area contributed by atoms with E-state index in [0.29, 0.717) is 6.42 Å². The molecule has 0 unspecified atom stereocenters. The van der Waals surface area contributed by atoms with Gasteiger partial charge in [-0.3, -0.25) is 9.59 Å². The summed E-state index contributed by atoms with van der Waals surface area (Å²) >= 11 is 0. The lowest BCUT2D eigenvalue weighted by Gasteiger charge is -2.15. The summed E-state index contributed by atoms with van der Waals surface area (Å²) in [5, 5.41) is 14.0. The molecule has 4 rings (SSSR count). The van der Waals surface area contributed by atoms with Gasteiger partial charge in [-0.1, -0.05) is 48.5 Å². The maximum absolute atomic E-state index is 12.1. The fraction of sp³-hybridized carbons (Fsp3) is 0.348. The summed E-state index contributed by atoms with van der Waals surface area (Å²) in [7, 11) is 0. The zero-order valence-corrected chi connectivity index (χ0v) is 16.9. The summed E-state index contributed by atoms with van der Waals surface area (Å²) in [6.07, 6.45) is -0.644. The number of alkyl carbamates (subject to hydrolysis) is 1. The normalized spacial score (nSPS) is 19.4. The van der Waals surface area contributed by atoms with E-state index in [0.717, 1.165) is 22.3 Å². The van der Waals surface area contributed by atoms with Crippen molar-refractivity contribution < 1.29 is 29.0 Å². The molecule has 8 nitrogen and oxygen atoms in total. The smallest absolute Gasteiger partial charge is 0.407 e. The first-order valence-electron chi connectivity index (χ1n) is 10.2. The van der Waals surface area contributed by atoms with Gasteiger partial charge in [-0.15, -0.1) is 0 Å². The van der Waals surface area contributed by atoms with Gasteiger partial charge in [0.05, 0.1) is 25.2 Å². The molecule has 1 saturated heterocycles. The third kappa shape index (κ3) is 4.69. The van der Waals surface area contributed by atoms with Crippen molar-refractivity contribution in [2.24, 2.45) is 5.92 Å². The largest absolute Gasteiger partial charge is 0.481 e. The quantitative estimate of drug-likeness (QED) is 0.628. The van der Waals surface area contributed by atoms with Crippen LogP contribution in [0, 0.1) is 5.92 Å². The summed E-state index contributed by atoms with van der Waals surface area (Å²) in [6.45, 7) is 0.294. The molecule has 2 aliphatic rings. The predicted octanol–water partition coefficient (Wildman–Crippen LogP) is 2.13. The van der Waals surface area contributed by atoms with Crippen LogP contribution in [0.25, 0.3) is 11.1 Å². The molecule has 1 fully saturated rings. The van der Waals surface area contributed by atoms with E-state index in [2.05, 4.69) is 22.8 Å². The minimum absolute atomic E-state index is 0.0475. The van der Waals surface area contributed by atoms with Gasteiger partial charge in [0.25, 0.3) is 0 Å². The number of carboxylic acids is 1. The SMILES string of the molecule is O=C(CNC(=O)OCC1c2ccccc2-c2ccccc21)NC[C@@H]1C[C@H](C(=O)O)CO1.